The fraction of sp³-hybridized carbons (Fsp3) is 0.333. The number of nitrogens with one attached hydrogen (secondary N) is 1. The topological polar surface area (TPSA) is 42.0 Å². The maximum Gasteiger partial charge on any atom is 0.224 e. The number of nitrogens with zero attached hydrogens (tertiary/aromatic N) is 1. The van der Waals surface area contributed by atoms with Crippen molar-refractivity contribution >= 4 is 27.5 Å². The number of halogens is 1. The van der Waals surface area contributed by atoms with Crippen LogP contribution in [0.2, 0.25) is 0 Å². The number of carbonyl (C=O) groups excluding carboxylic acids is 1. The first kappa shape index (κ1) is 11.3. The minimum Gasteiger partial charge on any atom is -0.325 e. The summed E-state index contributed by atoms with van der Waals surface area (Å²) in [6.45, 7) is 0. The molecular formula is C12H13BrN2O. The van der Waals surface area contributed by atoms with Gasteiger partial charge >= 0.3 is 0 Å². The van der Waals surface area contributed by atoms with Crippen molar-refractivity contribution in [2.45, 2.75) is 19.3 Å². The van der Waals surface area contributed by atoms with E-state index in [0.29, 0.717) is 12.3 Å². The van der Waals surface area contributed by atoms with E-state index in [9.17, 15) is 4.79 Å². The normalized spacial score (nSPS) is 18.7. The summed E-state index contributed by atoms with van der Waals surface area (Å²) in [5, 5.41) is 2.88. The van der Waals surface area contributed by atoms with Crippen LogP contribution in [0.5, 0.6) is 0 Å². The van der Waals surface area contributed by atoms with Crippen molar-refractivity contribution in [2.75, 3.05) is 5.32 Å². The van der Waals surface area contributed by atoms with Crippen LogP contribution < -0.4 is 5.32 Å². The highest BCUT2D eigenvalue weighted by Crippen LogP contribution is 2.23. The zero-order valence-corrected chi connectivity index (χ0v) is 10.4. The summed E-state index contributed by atoms with van der Waals surface area (Å²) < 4.78 is 0.810. The molecule has 1 aromatic heterocycles. The molecule has 1 aromatic rings. The molecule has 1 amide bonds. The molecule has 0 bridgehead atoms. The van der Waals surface area contributed by atoms with Crippen molar-refractivity contribution in [3.05, 3.63) is 35.1 Å². The predicted octanol–water partition coefficient (Wildman–Crippen LogP) is 3.14. The molecule has 4 heteroatoms. The van der Waals surface area contributed by atoms with Crippen LogP contribution in [0.4, 0.5) is 5.69 Å². The van der Waals surface area contributed by atoms with Crippen molar-refractivity contribution in [3.8, 4) is 0 Å². The lowest BCUT2D eigenvalue weighted by molar-refractivity contribution is -0.116. The van der Waals surface area contributed by atoms with Crippen molar-refractivity contribution in [3.63, 3.8) is 0 Å². The van der Waals surface area contributed by atoms with E-state index in [4.69, 9.17) is 0 Å². The third-order valence-corrected chi connectivity index (χ3v) is 3.24. The minimum atomic E-state index is 0.0588. The summed E-state index contributed by atoms with van der Waals surface area (Å²) in [6, 6.07) is 1.78. The largest absolute Gasteiger partial charge is 0.325 e. The maximum absolute atomic E-state index is 11.7. The van der Waals surface area contributed by atoms with E-state index in [-0.39, 0.29) is 5.91 Å². The van der Waals surface area contributed by atoms with Crippen molar-refractivity contribution in [1.82, 2.24) is 4.98 Å². The van der Waals surface area contributed by atoms with Gasteiger partial charge in [-0.2, -0.15) is 0 Å². The second-order valence-corrected chi connectivity index (χ2v) is 4.73. The molecule has 1 aliphatic rings. The molecular weight excluding hydrogens is 268 g/mol. The van der Waals surface area contributed by atoms with Crippen LogP contribution in [0.15, 0.2) is 35.1 Å². The lowest BCUT2D eigenvalue weighted by Crippen LogP contribution is -2.15. The summed E-state index contributed by atoms with van der Waals surface area (Å²) in [5.41, 5.74) is 0.780. The highest BCUT2D eigenvalue weighted by atomic mass is 79.9. The van der Waals surface area contributed by atoms with Gasteiger partial charge in [0.1, 0.15) is 0 Å². The first-order valence-electron chi connectivity index (χ1n) is 5.32. The first-order valence-corrected chi connectivity index (χ1v) is 6.11. The highest BCUT2D eigenvalue weighted by molar-refractivity contribution is 9.10. The molecule has 0 saturated heterocycles. The van der Waals surface area contributed by atoms with Crippen molar-refractivity contribution < 1.29 is 4.79 Å². The molecule has 0 spiro atoms. The molecule has 0 aromatic carbocycles. The molecule has 2 rings (SSSR count). The molecule has 0 radical (unpaired) electrons. The van der Waals surface area contributed by atoms with Gasteiger partial charge in [-0.1, -0.05) is 12.2 Å². The summed E-state index contributed by atoms with van der Waals surface area (Å²) in [7, 11) is 0. The number of aromatic nitrogens is 1. The predicted molar refractivity (Wildman–Crippen MR) is 67.0 cm³/mol. The first-order chi connectivity index (χ1) is 7.75. The molecule has 1 atom stereocenters. The fourth-order valence-corrected chi connectivity index (χ4v) is 2.13. The van der Waals surface area contributed by atoms with Gasteiger partial charge in [0.15, 0.2) is 0 Å². The van der Waals surface area contributed by atoms with Gasteiger partial charge < -0.3 is 5.32 Å². The van der Waals surface area contributed by atoms with Crippen LogP contribution in [0.1, 0.15) is 19.3 Å². The molecule has 1 aliphatic carbocycles. The molecule has 1 unspecified atom stereocenters. The summed E-state index contributed by atoms with van der Waals surface area (Å²) in [4.78, 5) is 15.7. The third kappa shape index (κ3) is 2.92. The number of anilines is 1. The van der Waals surface area contributed by atoms with Gasteiger partial charge in [-0.15, -0.1) is 0 Å². The molecule has 16 heavy (non-hydrogen) atoms. The van der Waals surface area contributed by atoms with Crippen molar-refractivity contribution in [1.29, 1.82) is 0 Å². The van der Waals surface area contributed by atoms with E-state index in [1.807, 2.05) is 0 Å². The van der Waals surface area contributed by atoms with Crippen LogP contribution in [-0.2, 0) is 4.79 Å². The van der Waals surface area contributed by atoms with Crippen LogP contribution >= 0.6 is 15.9 Å². The number of hydrogen-bond donors (Lipinski definition) is 1. The summed E-state index contributed by atoms with van der Waals surface area (Å²) in [6.07, 6.45) is 10.3. The summed E-state index contributed by atoms with van der Waals surface area (Å²) >= 11 is 3.35. The van der Waals surface area contributed by atoms with Gasteiger partial charge in [0.05, 0.1) is 10.2 Å². The molecule has 84 valence electrons. The smallest absolute Gasteiger partial charge is 0.224 e. The van der Waals surface area contributed by atoms with E-state index in [1.54, 1.807) is 18.5 Å². The Morgan fingerprint density at radius 2 is 2.50 bits per heavy atom. The Balaban J connectivity index is 1.92. The van der Waals surface area contributed by atoms with E-state index in [0.717, 1.165) is 23.0 Å². The zero-order chi connectivity index (χ0) is 11.4. The quantitative estimate of drug-likeness (QED) is 0.865. The molecule has 0 saturated carbocycles. The van der Waals surface area contributed by atoms with Gasteiger partial charge in [-0.05, 0) is 40.8 Å². The van der Waals surface area contributed by atoms with Gasteiger partial charge in [0.2, 0.25) is 5.91 Å². The molecule has 1 N–H and O–H groups in total. The Kier molecular flexibility index (Phi) is 3.72. The molecule has 0 fully saturated rings. The lowest BCUT2D eigenvalue weighted by Gasteiger charge is -2.09. The van der Waals surface area contributed by atoms with Crippen LogP contribution in [0.25, 0.3) is 0 Å². The number of pyridine rings is 1. The van der Waals surface area contributed by atoms with Gasteiger partial charge in [-0.25, -0.2) is 0 Å². The standard InChI is InChI=1S/C12H13BrN2O/c13-10-8-14-6-5-11(10)15-12(16)7-9-3-1-2-4-9/h1,3,5-6,8-9H,2,4,7H2,(H,14,15,16). The second kappa shape index (κ2) is 5.25. The number of amides is 1. The van der Waals surface area contributed by atoms with Crippen LogP contribution in [0.3, 0.4) is 0 Å². The monoisotopic (exact) mass is 280 g/mol. The van der Waals surface area contributed by atoms with Gasteiger partial charge in [0, 0.05) is 18.8 Å². The van der Waals surface area contributed by atoms with E-state index in [2.05, 4.69) is 38.4 Å². The summed E-state index contributed by atoms with van der Waals surface area (Å²) in [5.74, 6) is 0.462. The Labute approximate surface area is 103 Å². The molecule has 1 heterocycles. The number of hydrogen-bond acceptors (Lipinski definition) is 2. The van der Waals surface area contributed by atoms with E-state index >= 15 is 0 Å². The number of carbonyl (C=O) groups is 1. The average Bonchev–Trinajstić information content (AvgIpc) is 2.74. The average molecular weight is 281 g/mol. The van der Waals surface area contributed by atoms with Crippen LogP contribution in [-0.4, -0.2) is 10.9 Å². The Bertz CT molecular complexity index is 417. The molecule has 0 aliphatic heterocycles. The number of allylic oxidation sites excluding steroid dienone is 2. The number of rotatable bonds is 3. The van der Waals surface area contributed by atoms with Crippen LogP contribution in [0, 0.1) is 5.92 Å². The van der Waals surface area contributed by atoms with E-state index < -0.39 is 0 Å². The van der Waals surface area contributed by atoms with Crippen molar-refractivity contribution in [2.24, 2.45) is 5.92 Å². The maximum atomic E-state index is 11.7. The van der Waals surface area contributed by atoms with Gasteiger partial charge in [-0.3, -0.25) is 9.78 Å². The molecule has 3 nitrogen and oxygen atoms in total. The Hall–Kier alpha value is -1.16. The van der Waals surface area contributed by atoms with E-state index in [1.165, 1.54) is 0 Å². The lowest BCUT2D eigenvalue weighted by atomic mass is 10.1. The minimum absolute atomic E-state index is 0.0588. The second-order valence-electron chi connectivity index (χ2n) is 3.87. The Morgan fingerprint density at radius 1 is 1.62 bits per heavy atom. The SMILES string of the molecule is O=C(CC1C=CCC1)Nc1ccncc1Br. The third-order valence-electron chi connectivity index (χ3n) is 2.61. The zero-order valence-electron chi connectivity index (χ0n) is 8.82. The fourth-order valence-electron chi connectivity index (χ4n) is 1.78. The highest BCUT2D eigenvalue weighted by Gasteiger charge is 2.14. The Morgan fingerprint density at radius 3 is 3.19 bits per heavy atom. The van der Waals surface area contributed by atoms with Gasteiger partial charge in [0.25, 0.3) is 0 Å².